The van der Waals surface area contributed by atoms with Crippen LogP contribution in [0.2, 0.25) is 5.02 Å². The molecular formula is C22H12ClFN4O5. The van der Waals surface area contributed by atoms with E-state index in [1.54, 1.807) is 12.1 Å². The van der Waals surface area contributed by atoms with E-state index in [1.165, 1.54) is 40.0 Å². The van der Waals surface area contributed by atoms with Crippen LogP contribution in [-0.2, 0) is 17.9 Å². The van der Waals surface area contributed by atoms with Crippen LogP contribution in [-0.4, -0.2) is 32.5 Å². The Kier molecular flexibility index (Phi) is 4.86. The van der Waals surface area contributed by atoms with Crippen molar-refractivity contribution >= 4 is 45.7 Å². The molecule has 0 spiro atoms. The van der Waals surface area contributed by atoms with Gasteiger partial charge >= 0.3 is 5.63 Å². The van der Waals surface area contributed by atoms with Gasteiger partial charge in [0.2, 0.25) is 0 Å². The minimum absolute atomic E-state index is 0.0333. The molecule has 1 aliphatic heterocycles. The summed E-state index contributed by atoms with van der Waals surface area (Å²) in [5, 5.41) is 8.54. The summed E-state index contributed by atoms with van der Waals surface area (Å²) in [5.74, 6) is -2.54. The third kappa shape index (κ3) is 3.70. The maximum absolute atomic E-state index is 13.3. The monoisotopic (exact) mass is 466 g/mol. The molecule has 11 heteroatoms. The van der Waals surface area contributed by atoms with Crippen molar-refractivity contribution in [1.82, 2.24) is 15.0 Å². The van der Waals surface area contributed by atoms with Crippen LogP contribution in [0.1, 0.15) is 26.4 Å². The van der Waals surface area contributed by atoms with Gasteiger partial charge in [0.15, 0.2) is 5.78 Å². The van der Waals surface area contributed by atoms with Crippen LogP contribution in [0.3, 0.4) is 0 Å². The molecule has 0 saturated heterocycles. The number of carbonyl (C=O) groups excluding carboxylic acids is 3. The smallest absolute Gasteiger partial charge is 0.347 e. The predicted molar refractivity (Wildman–Crippen MR) is 114 cm³/mol. The van der Waals surface area contributed by atoms with Crippen LogP contribution in [0.15, 0.2) is 57.9 Å². The van der Waals surface area contributed by atoms with Gasteiger partial charge in [-0.1, -0.05) is 16.8 Å². The van der Waals surface area contributed by atoms with Crippen LogP contribution >= 0.6 is 11.6 Å². The number of carbonyl (C=O) groups is 3. The summed E-state index contributed by atoms with van der Waals surface area (Å²) >= 11 is 5.91. The van der Waals surface area contributed by atoms with Crippen LogP contribution in [0.4, 0.5) is 10.1 Å². The molecule has 0 bridgehead atoms. The summed E-state index contributed by atoms with van der Waals surface area (Å²) in [7, 11) is 0. The number of aromatic nitrogens is 3. The number of hydrogen-bond acceptors (Lipinski definition) is 7. The molecule has 0 aliphatic carbocycles. The minimum atomic E-state index is -0.894. The van der Waals surface area contributed by atoms with Crippen molar-refractivity contribution in [3.63, 3.8) is 0 Å². The van der Waals surface area contributed by atoms with Gasteiger partial charge in [0.05, 0.1) is 24.0 Å². The molecule has 1 aliphatic rings. The Morgan fingerprint density at radius 1 is 1.09 bits per heavy atom. The number of rotatable bonds is 5. The number of benzene rings is 2. The summed E-state index contributed by atoms with van der Waals surface area (Å²) in [6, 6.07) is 9.55. The van der Waals surface area contributed by atoms with Gasteiger partial charge in [0.25, 0.3) is 11.7 Å². The summed E-state index contributed by atoms with van der Waals surface area (Å²) < 4.78 is 19.6. The highest BCUT2D eigenvalue weighted by molar-refractivity contribution is 6.52. The van der Waals surface area contributed by atoms with Gasteiger partial charge in [-0.05, 0) is 36.4 Å². The number of fused-ring (bicyclic) bond motifs is 2. The molecule has 4 aromatic rings. The van der Waals surface area contributed by atoms with Gasteiger partial charge < -0.3 is 4.42 Å². The van der Waals surface area contributed by atoms with E-state index in [-0.39, 0.29) is 29.8 Å². The second kappa shape index (κ2) is 7.75. The molecule has 0 atom stereocenters. The van der Waals surface area contributed by atoms with E-state index in [4.69, 9.17) is 16.0 Å². The number of anilines is 1. The molecule has 0 saturated carbocycles. The Labute approximate surface area is 189 Å². The third-order valence-corrected chi connectivity index (χ3v) is 5.38. The first kappa shape index (κ1) is 20.7. The Balaban J connectivity index is 1.35. The zero-order chi connectivity index (χ0) is 23.3. The maximum Gasteiger partial charge on any atom is 0.347 e. The van der Waals surface area contributed by atoms with Crippen LogP contribution < -0.4 is 10.5 Å². The summed E-state index contributed by atoms with van der Waals surface area (Å²) in [5.41, 5.74) is -0.130. The van der Waals surface area contributed by atoms with Gasteiger partial charge in [-0.2, -0.15) is 0 Å². The summed E-state index contributed by atoms with van der Waals surface area (Å²) in [6.45, 7) is -0.361. The van der Waals surface area contributed by atoms with Gasteiger partial charge in [-0.3, -0.25) is 19.3 Å². The molecule has 0 unspecified atom stereocenters. The van der Waals surface area contributed by atoms with Crippen LogP contribution in [0.25, 0.3) is 11.0 Å². The van der Waals surface area contributed by atoms with E-state index in [0.29, 0.717) is 21.8 Å². The second-order valence-corrected chi connectivity index (χ2v) is 7.78. The lowest BCUT2D eigenvalue weighted by Gasteiger charge is -2.14. The quantitative estimate of drug-likeness (QED) is 0.252. The maximum atomic E-state index is 13.3. The first-order valence-electron chi connectivity index (χ1n) is 9.61. The Bertz CT molecular complexity index is 1540. The van der Waals surface area contributed by atoms with E-state index < -0.39 is 28.9 Å². The molecule has 0 N–H and O–H groups in total. The topological polar surface area (TPSA) is 115 Å². The first-order chi connectivity index (χ1) is 15.8. The lowest BCUT2D eigenvalue weighted by Crippen LogP contribution is -2.29. The number of nitrogens with zero attached hydrogens (tertiary/aromatic N) is 4. The van der Waals surface area contributed by atoms with E-state index in [9.17, 15) is 23.6 Å². The molecule has 0 fully saturated rings. The number of Topliss-reactive ketones (excluding diaryl/α,β-unsaturated/α-hetero) is 2. The second-order valence-electron chi connectivity index (χ2n) is 7.34. The summed E-state index contributed by atoms with van der Waals surface area (Å²) in [6.07, 6.45) is 1.43. The Morgan fingerprint density at radius 3 is 2.73 bits per heavy atom. The molecule has 1 amide bonds. The fraction of sp³-hybridized carbons (Fsp3) is 0.0909. The van der Waals surface area contributed by atoms with E-state index in [2.05, 4.69) is 10.3 Å². The molecule has 5 rings (SSSR count). The van der Waals surface area contributed by atoms with Crippen molar-refractivity contribution < 1.29 is 23.2 Å². The summed E-state index contributed by atoms with van der Waals surface area (Å²) in [4.78, 5) is 50.6. The molecule has 3 heterocycles. The van der Waals surface area contributed by atoms with Crippen molar-refractivity contribution in [3.8, 4) is 0 Å². The van der Waals surface area contributed by atoms with Gasteiger partial charge in [0.1, 0.15) is 29.2 Å². The highest BCUT2D eigenvalue weighted by Gasteiger charge is 2.36. The molecule has 2 aromatic carbocycles. The number of hydrogen-bond donors (Lipinski definition) is 0. The molecule has 2 aromatic heterocycles. The first-order valence-corrected chi connectivity index (χ1v) is 9.99. The lowest BCUT2D eigenvalue weighted by atomic mass is 10.1. The fourth-order valence-corrected chi connectivity index (χ4v) is 3.76. The van der Waals surface area contributed by atoms with Crippen molar-refractivity contribution in [2.24, 2.45) is 0 Å². The average Bonchev–Trinajstić information content (AvgIpc) is 3.31. The van der Waals surface area contributed by atoms with E-state index in [1.807, 2.05) is 0 Å². The van der Waals surface area contributed by atoms with E-state index in [0.717, 1.165) is 6.07 Å². The van der Waals surface area contributed by atoms with Crippen molar-refractivity contribution in [2.75, 3.05) is 4.90 Å². The van der Waals surface area contributed by atoms with Crippen LogP contribution in [0, 0.1) is 5.82 Å². The van der Waals surface area contributed by atoms with Gasteiger partial charge in [-0.15, -0.1) is 5.10 Å². The molecule has 9 nitrogen and oxygen atoms in total. The standard InChI is InChI=1S/C22H12ClFN4O5/c23-12-2-4-17-15(6-12)20(30)21(31)28(17)9-14-8-27(26-25-14)10-18(29)16-5-11-1-3-13(24)7-19(11)33-22(16)32/h1-8H,9-10H2. The third-order valence-electron chi connectivity index (χ3n) is 5.14. The SMILES string of the molecule is O=C1C(=O)N(Cc2cn(CC(=O)c3cc4ccc(F)cc4oc3=O)nn2)c2ccc(Cl)cc21. The van der Waals surface area contributed by atoms with Crippen LogP contribution in [0.5, 0.6) is 0 Å². The van der Waals surface area contributed by atoms with Crippen molar-refractivity contribution in [2.45, 2.75) is 13.1 Å². The minimum Gasteiger partial charge on any atom is -0.422 e. The molecule has 164 valence electrons. The fourth-order valence-electron chi connectivity index (χ4n) is 3.59. The Morgan fingerprint density at radius 2 is 1.91 bits per heavy atom. The molecular weight excluding hydrogens is 455 g/mol. The number of amides is 1. The highest BCUT2D eigenvalue weighted by Crippen LogP contribution is 2.32. The van der Waals surface area contributed by atoms with Gasteiger partial charge in [0, 0.05) is 16.5 Å². The largest absolute Gasteiger partial charge is 0.422 e. The Hall–Kier alpha value is -4.18. The number of halogens is 2. The average molecular weight is 467 g/mol. The van der Waals surface area contributed by atoms with Gasteiger partial charge in [-0.25, -0.2) is 13.9 Å². The highest BCUT2D eigenvalue weighted by atomic mass is 35.5. The van der Waals surface area contributed by atoms with Crippen molar-refractivity contribution in [3.05, 3.63) is 86.7 Å². The molecule has 0 radical (unpaired) electrons. The number of ketones is 2. The van der Waals surface area contributed by atoms with Crippen molar-refractivity contribution in [1.29, 1.82) is 0 Å². The molecule has 33 heavy (non-hydrogen) atoms. The van der Waals surface area contributed by atoms with E-state index >= 15 is 0 Å². The zero-order valence-electron chi connectivity index (χ0n) is 16.6. The normalized spacial score (nSPS) is 13.1. The zero-order valence-corrected chi connectivity index (χ0v) is 17.4. The lowest BCUT2D eigenvalue weighted by molar-refractivity contribution is -0.114. The predicted octanol–water partition coefficient (Wildman–Crippen LogP) is 2.79.